The molecule has 3 aromatic carbocycles. The summed E-state index contributed by atoms with van der Waals surface area (Å²) in [6, 6.07) is 20.2. The van der Waals surface area contributed by atoms with E-state index in [-0.39, 0.29) is 11.9 Å². The minimum Gasteiger partial charge on any atom is -0.500 e. The molecule has 0 aliphatic carbocycles. The summed E-state index contributed by atoms with van der Waals surface area (Å²) in [4.78, 5) is 15.0. The van der Waals surface area contributed by atoms with E-state index in [2.05, 4.69) is 31.5 Å². The molecular weight excluding hydrogens is 360 g/mol. The number of carbonyl (C=O) groups excluding carboxylic acids is 1. The van der Waals surface area contributed by atoms with Gasteiger partial charge in [-0.1, -0.05) is 43.8 Å². The van der Waals surface area contributed by atoms with Crippen LogP contribution in [0.15, 0.2) is 73.0 Å². The van der Waals surface area contributed by atoms with Crippen molar-refractivity contribution < 1.29 is 9.53 Å². The molecule has 1 unspecified atom stereocenters. The van der Waals surface area contributed by atoms with Crippen molar-refractivity contribution in [2.24, 2.45) is 0 Å². The van der Waals surface area contributed by atoms with Crippen LogP contribution in [0.2, 0.25) is 0 Å². The first-order valence-corrected chi connectivity index (χ1v) is 9.80. The van der Waals surface area contributed by atoms with Gasteiger partial charge in [-0.15, -0.1) is 0 Å². The van der Waals surface area contributed by atoms with Gasteiger partial charge in [0, 0.05) is 24.7 Å². The van der Waals surface area contributed by atoms with Crippen molar-refractivity contribution in [3.63, 3.8) is 0 Å². The van der Waals surface area contributed by atoms with Crippen LogP contribution in [-0.4, -0.2) is 30.7 Å². The summed E-state index contributed by atoms with van der Waals surface area (Å²) in [5, 5.41) is 2.28. The Hall–Kier alpha value is -3.40. The molecule has 4 nitrogen and oxygen atoms in total. The number of hydrogen-bond acceptors (Lipinski definition) is 2. The fraction of sp³-hybridized carbons (Fsp3) is 0.200. The molecule has 0 bridgehead atoms. The fourth-order valence-electron chi connectivity index (χ4n) is 4.07. The smallest absolute Gasteiger partial charge is 0.255 e. The lowest BCUT2D eigenvalue weighted by atomic mass is 10.1. The number of hydrogen-bond donors (Lipinski definition) is 0. The van der Waals surface area contributed by atoms with Crippen LogP contribution in [0.4, 0.5) is 11.4 Å². The van der Waals surface area contributed by atoms with E-state index in [0.717, 1.165) is 39.7 Å². The normalized spacial score (nSPS) is 14.0. The average Bonchev–Trinajstić information content (AvgIpc) is 3.09. The second-order valence-electron chi connectivity index (χ2n) is 7.30. The zero-order chi connectivity index (χ0) is 20.5. The van der Waals surface area contributed by atoms with E-state index in [1.165, 1.54) is 0 Å². The molecule has 29 heavy (non-hydrogen) atoms. The highest BCUT2D eigenvalue weighted by Gasteiger charge is 2.34. The van der Waals surface area contributed by atoms with Gasteiger partial charge in [-0.3, -0.25) is 4.79 Å². The van der Waals surface area contributed by atoms with Gasteiger partial charge in [-0.05, 0) is 29.5 Å². The molecule has 0 N–H and O–H groups in total. The lowest BCUT2D eigenvalue weighted by Gasteiger charge is -2.27. The standard InChI is InChI=1S/C25H25N2O2/c1-5-23(17(2)29-4)27-16-19-13-14-20(15-22(19)25(27)28)26(3)24-12-8-10-18-9-6-7-11-21(18)24/h6-15,23H,2-3,5,16H2,1,4H3/q+1. The first-order valence-electron chi connectivity index (χ1n) is 9.80. The van der Waals surface area contributed by atoms with Crippen molar-refractivity contribution in [2.75, 3.05) is 7.11 Å². The van der Waals surface area contributed by atoms with E-state index in [0.29, 0.717) is 12.3 Å². The Balaban J connectivity index is 1.69. The number of amides is 1. The van der Waals surface area contributed by atoms with E-state index in [1.807, 2.05) is 58.9 Å². The topological polar surface area (TPSA) is 32.5 Å². The molecule has 1 amide bonds. The molecular formula is C25H25N2O2+. The van der Waals surface area contributed by atoms with E-state index in [1.54, 1.807) is 7.11 Å². The Morgan fingerprint density at radius 1 is 1.17 bits per heavy atom. The lowest BCUT2D eigenvalue weighted by Crippen LogP contribution is -2.36. The Kier molecular flexibility index (Phi) is 4.93. The highest BCUT2D eigenvalue weighted by molar-refractivity contribution is 6.00. The summed E-state index contributed by atoms with van der Waals surface area (Å²) in [6.07, 6.45) is 0.761. The molecule has 0 saturated carbocycles. The third-order valence-corrected chi connectivity index (χ3v) is 5.69. The lowest BCUT2D eigenvalue weighted by molar-refractivity contribution is 0.0670. The molecule has 0 aromatic heterocycles. The SMILES string of the molecule is C=C(OC)C(CC)N1Cc2ccc([N+](=C)c3cccc4ccccc34)cc2C1=O. The predicted molar refractivity (Wildman–Crippen MR) is 119 cm³/mol. The van der Waals surface area contributed by atoms with Crippen LogP contribution in [0, 0.1) is 0 Å². The third-order valence-electron chi connectivity index (χ3n) is 5.69. The zero-order valence-corrected chi connectivity index (χ0v) is 16.9. The van der Waals surface area contributed by atoms with Crippen LogP contribution in [-0.2, 0) is 11.3 Å². The number of fused-ring (bicyclic) bond motifs is 2. The molecule has 146 valence electrons. The number of nitrogens with zero attached hydrogens (tertiary/aromatic N) is 2. The van der Waals surface area contributed by atoms with Crippen LogP contribution in [0.3, 0.4) is 0 Å². The predicted octanol–water partition coefficient (Wildman–Crippen LogP) is 5.27. The highest BCUT2D eigenvalue weighted by Crippen LogP contribution is 2.33. The minimum atomic E-state index is -0.128. The maximum atomic E-state index is 13.1. The van der Waals surface area contributed by atoms with E-state index < -0.39 is 0 Å². The number of rotatable bonds is 6. The molecule has 1 atom stereocenters. The molecule has 4 heteroatoms. The first-order chi connectivity index (χ1) is 14.0. The van der Waals surface area contributed by atoms with E-state index in [4.69, 9.17) is 4.74 Å². The third kappa shape index (κ3) is 3.21. The molecule has 1 aliphatic heterocycles. The van der Waals surface area contributed by atoms with Gasteiger partial charge in [0.05, 0.1) is 24.1 Å². The van der Waals surface area contributed by atoms with Crippen molar-refractivity contribution in [2.45, 2.75) is 25.9 Å². The van der Waals surface area contributed by atoms with E-state index >= 15 is 0 Å². The van der Waals surface area contributed by atoms with Crippen LogP contribution in [0.25, 0.3) is 10.8 Å². The molecule has 0 saturated heterocycles. The largest absolute Gasteiger partial charge is 0.500 e. The van der Waals surface area contributed by atoms with Crippen molar-refractivity contribution in [1.82, 2.24) is 9.48 Å². The van der Waals surface area contributed by atoms with Gasteiger partial charge in [-0.2, -0.15) is 4.58 Å². The van der Waals surface area contributed by atoms with Crippen molar-refractivity contribution in [3.05, 3.63) is 84.1 Å². The van der Waals surface area contributed by atoms with Crippen LogP contribution in [0.5, 0.6) is 0 Å². The quantitative estimate of drug-likeness (QED) is 0.329. The van der Waals surface area contributed by atoms with Gasteiger partial charge in [-0.25, -0.2) is 0 Å². The molecule has 0 fully saturated rings. The maximum Gasteiger partial charge on any atom is 0.255 e. The molecule has 1 aliphatic rings. The molecule has 4 rings (SSSR count). The van der Waals surface area contributed by atoms with Gasteiger partial charge in [0.25, 0.3) is 5.91 Å². The number of carbonyl (C=O) groups is 1. The van der Waals surface area contributed by atoms with Gasteiger partial charge < -0.3 is 9.64 Å². The average molecular weight is 385 g/mol. The summed E-state index contributed by atoms with van der Waals surface area (Å²) in [6.45, 7) is 10.8. The van der Waals surface area contributed by atoms with Crippen LogP contribution < -0.4 is 4.58 Å². The van der Waals surface area contributed by atoms with Gasteiger partial charge >= 0.3 is 0 Å². The van der Waals surface area contributed by atoms with Crippen LogP contribution in [0.1, 0.15) is 29.3 Å². The van der Waals surface area contributed by atoms with Gasteiger partial charge in [0.15, 0.2) is 0 Å². The summed E-state index contributed by atoms with van der Waals surface area (Å²) in [5.74, 6) is 0.627. The Bertz CT molecular complexity index is 1130. The molecule has 3 aromatic rings. The number of methoxy groups -OCH3 is 1. The summed E-state index contributed by atoms with van der Waals surface area (Å²) < 4.78 is 7.21. The fourth-order valence-corrected chi connectivity index (χ4v) is 4.07. The zero-order valence-electron chi connectivity index (χ0n) is 16.9. The molecule has 0 radical (unpaired) electrons. The first kappa shape index (κ1) is 18.9. The monoisotopic (exact) mass is 385 g/mol. The summed E-state index contributed by atoms with van der Waals surface area (Å²) >= 11 is 0. The number of benzene rings is 3. The van der Waals surface area contributed by atoms with Crippen LogP contribution >= 0.6 is 0 Å². The summed E-state index contributed by atoms with van der Waals surface area (Å²) in [7, 11) is 1.60. The number of ether oxygens (including phenoxy) is 1. The maximum absolute atomic E-state index is 13.1. The molecule has 0 spiro atoms. The molecule has 1 heterocycles. The minimum absolute atomic E-state index is 0.0122. The Morgan fingerprint density at radius 3 is 2.69 bits per heavy atom. The Morgan fingerprint density at radius 2 is 1.93 bits per heavy atom. The van der Waals surface area contributed by atoms with Crippen molar-refractivity contribution in [1.29, 1.82) is 0 Å². The Labute approximate surface area is 171 Å². The van der Waals surface area contributed by atoms with E-state index in [9.17, 15) is 4.79 Å². The highest BCUT2D eigenvalue weighted by atomic mass is 16.5. The summed E-state index contributed by atoms with van der Waals surface area (Å²) in [5.41, 5.74) is 3.63. The second kappa shape index (κ2) is 7.55. The van der Waals surface area contributed by atoms with Gasteiger partial charge in [0.1, 0.15) is 12.5 Å². The van der Waals surface area contributed by atoms with Crippen molar-refractivity contribution in [3.8, 4) is 0 Å². The van der Waals surface area contributed by atoms with Crippen molar-refractivity contribution >= 4 is 34.8 Å². The second-order valence-corrected chi connectivity index (χ2v) is 7.30. The van der Waals surface area contributed by atoms with Gasteiger partial charge in [0.2, 0.25) is 11.4 Å².